The van der Waals surface area contributed by atoms with Crippen LogP contribution in [0.4, 0.5) is 4.79 Å². The van der Waals surface area contributed by atoms with Crippen molar-refractivity contribution in [3.8, 4) is 5.75 Å². The van der Waals surface area contributed by atoms with Crippen LogP contribution in [0, 0.1) is 0 Å². The molecule has 0 fully saturated rings. The van der Waals surface area contributed by atoms with Gasteiger partial charge in [0.2, 0.25) is 0 Å². The van der Waals surface area contributed by atoms with Crippen LogP contribution < -0.4 is 10.6 Å². The number of hydrogen-bond donors (Lipinski definition) is 3. The van der Waals surface area contributed by atoms with Crippen molar-refractivity contribution in [1.29, 1.82) is 0 Å². The molecule has 0 unspecified atom stereocenters. The third-order valence-corrected chi connectivity index (χ3v) is 2.90. The van der Waals surface area contributed by atoms with Crippen LogP contribution in [0.1, 0.15) is 25.5 Å². The van der Waals surface area contributed by atoms with Crippen LogP contribution in [0.5, 0.6) is 5.75 Å². The van der Waals surface area contributed by atoms with Crippen LogP contribution in [0.15, 0.2) is 35.5 Å². The van der Waals surface area contributed by atoms with E-state index < -0.39 is 6.04 Å². The molecule has 2 amide bonds. The number of carbonyl (C=O) groups is 2. The molecular formula is C13H14N2O3. The van der Waals surface area contributed by atoms with Gasteiger partial charge in [-0.1, -0.05) is 18.2 Å². The van der Waals surface area contributed by atoms with Crippen molar-refractivity contribution in [1.82, 2.24) is 10.6 Å². The van der Waals surface area contributed by atoms with E-state index in [1.807, 2.05) is 0 Å². The fourth-order valence-electron chi connectivity index (χ4n) is 2.13. The predicted molar refractivity (Wildman–Crippen MR) is 65.9 cm³/mol. The summed E-state index contributed by atoms with van der Waals surface area (Å²) in [6, 6.07) is 5.64. The first kappa shape index (κ1) is 12.2. The van der Waals surface area contributed by atoms with Gasteiger partial charge in [0, 0.05) is 16.8 Å². The van der Waals surface area contributed by atoms with Crippen molar-refractivity contribution < 1.29 is 14.7 Å². The van der Waals surface area contributed by atoms with Crippen molar-refractivity contribution in [2.24, 2.45) is 0 Å². The number of urea groups is 1. The number of nitrogens with one attached hydrogen (secondary N) is 2. The van der Waals surface area contributed by atoms with Gasteiger partial charge in [0.05, 0.1) is 6.04 Å². The number of allylic oxidation sites excluding steroid dienone is 1. The summed E-state index contributed by atoms with van der Waals surface area (Å²) < 4.78 is 0. The standard InChI is InChI=1S/C13H14N2O3/c1-7-11(8(2)16)12(15-13(18)14-7)9-5-3-4-6-10(9)17/h3-6,12,17H,1-2H3,(H2,14,15,18)/t12-/m1/s1. The predicted octanol–water partition coefficient (Wildman–Crippen LogP) is 1.61. The maximum Gasteiger partial charge on any atom is 0.319 e. The van der Waals surface area contributed by atoms with E-state index >= 15 is 0 Å². The van der Waals surface area contributed by atoms with E-state index in [1.54, 1.807) is 25.1 Å². The van der Waals surface area contributed by atoms with Gasteiger partial charge in [0.1, 0.15) is 5.75 Å². The summed E-state index contributed by atoms with van der Waals surface area (Å²) in [5.41, 5.74) is 1.48. The Morgan fingerprint density at radius 3 is 2.61 bits per heavy atom. The number of amides is 2. The summed E-state index contributed by atoms with van der Waals surface area (Å²) in [6.07, 6.45) is 0. The molecule has 0 aliphatic carbocycles. The van der Waals surface area contributed by atoms with Crippen LogP contribution in [0.2, 0.25) is 0 Å². The minimum Gasteiger partial charge on any atom is -0.508 e. The zero-order chi connectivity index (χ0) is 13.3. The highest BCUT2D eigenvalue weighted by Crippen LogP contribution is 2.32. The molecule has 0 aromatic heterocycles. The molecule has 0 bridgehead atoms. The average Bonchev–Trinajstić information content (AvgIpc) is 2.27. The van der Waals surface area contributed by atoms with Gasteiger partial charge in [-0.25, -0.2) is 4.79 Å². The maximum atomic E-state index is 11.7. The Balaban J connectivity index is 2.54. The molecule has 0 spiro atoms. The van der Waals surface area contributed by atoms with Crippen molar-refractivity contribution >= 4 is 11.8 Å². The van der Waals surface area contributed by atoms with Crippen LogP contribution in [0.25, 0.3) is 0 Å². The highest BCUT2D eigenvalue weighted by molar-refractivity contribution is 5.98. The van der Waals surface area contributed by atoms with Crippen LogP contribution in [0.3, 0.4) is 0 Å². The summed E-state index contributed by atoms with van der Waals surface area (Å²) >= 11 is 0. The molecule has 3 N–H and O–H groups in total. The molecule has 94 valence electrons. The molecule has 1 atom stereocenters. The smallest absolute Gasteiger partial charge is 0.319 e. The Hall–Kier alpha value is -2.30. The summed E-state index contributed by atoms with van der Waals surface area (Å²) in [7, 11) is 0. The normalized spacial score (nSPS) is 19.2. The van der Waals surface area contributed by atoms with Gasteiger partial charge < -0.3 is 15.7 Å². The fourth-order valence-corrected chi connectivity index (χ4v) is 2.13. The maximum absolute atomic E-state index is 11.7. The number of aromatic hydroxyl groups is 1. The number of para-hydroxylation sites is 1. The average molecular weight is 246 g/mol. The second-order valence-corrected chi connectivity index (χ2v) is 4.19. The minimum absolute atomic E-state index is 0.0521. The lowest BCUT2D eigenvalue weighted by molar-refractivity contribution is -0.114. The molecule has 18 heavy (non-hydrogen) atoms. The third-order valence-electron chi connectivity index (χ3n) is 2.90. The zero-order valence-corrected chi connectivity index (χ0v) is 10.2. The largest absolute Gasteiger partial charge is 0.508 e. The lowest BCUT2D eigenvalue weighted by atomic mass is 9.92. The zero-order valence-electron chi connectivity index (χ0n) is 10.2. The summed E-state index contributed by atoms with van der Waals surface area (Å²) in [6.45, 7) is 3.10. The second-order valence-electron chi connectivity index (χ2n) is 4.19. The quantitative estimate of drug-likeness (QED) is 0.741. The number of Topliss-reactive ketones (excluding diaryl/α,β-unsaturated/α-hetero) is 1. The van der Waals surface area contributed by atoms with Crippen molar-refractivity contribution in [2.75, 3.05) is 0 Å². The van der Waals surface area contributed by atoms with E-state index in [1.165, 1.54) is 13.0 Å². The fraction of sp³-hybridized carbons (Fsp3) is 0.231. The van der Waals surface area contributed by atoms with Gasteiger partial charge in [-0.3, -0.25) is 4.79 Å². The molecule has 0 saturated heterocycles. The first-order chi connectivity index (χ1) is 8.50. The molecule has 5 heteroatoms. The van der Waals surface area contributed by atoms with Gasteiger partial charge in [-0.15, -0.1) is 0 Å². The summed E-state index contributed by atoms with van der Waals surface area (Å²) in [5, 5.41) is 15.0. The molecule has 1 aliphatic rings. The first-order valence-corrected chi connectivity index (χ1v) is 5.58. The molecule has 0 radical (unpaired) electrons. The number of benzene rings is 1. The van der Waals surface area contributed by atoms with Crippen LogP contribution in [-0.4, -0.2) is 16.9 Å². The van der Waals surface area contributed by atoms with E-state index in [0.29, 0.717) is 16.8 Å². The van der Waals surface area contributed by atoms with Gasteiger partial charge >= 0.3 is 6.03 Å². The number of phenolic OH excluding ortho intramolecular Hbond substituents is 1. The highest BCUT2D eigenvalue weighted by atomic mass is 16.3. The SMILES string of the molecule is CC(=O)C1=C(C)NC(=O)N[C@@H]1c1ccccc1O. The van der Waals surface area contributed by atoms with E-state index in [-0.39, 0.29) is 17.6 Å². The van der Waals surface area contributed by atoms with Gasteiger partial charge in [0.15, 0.2) is 5.78 Å². The number of rotatable bonds is 2. The van der Waals surface area contributed by atoms with Crippen molar-refractivity contribution in [2.45, 2.75) is 19.9 Å². The van der Waals surface area contributed by atoms with Crippen LogP contribution >= 0.6 is 0 Å². The summed E-state index contributed by atoms with van der Waals surface area (Å²) in [4.78, 5) is 23.2. The van der Waals surface area contributed by atoms with Crippen molar-refractivity contribution in [3.63, 3.8) is 0 Å². The lowest BCUT2D eigenvalue weighted by Crippen LogP contribution is -2.44. The number of ketones is 1. The Morgan fingerprint density at radius 2 is 2.00 bits per heavy atom. The minimum atomic E-state index is -0.613. The monoisotopic (exact) mass is 246 g/mol. The Morgan fingerprint density at radius 1 is 1.33 bits per heavy atom. The number of phenols is 1. The van der Waals surface area contributed by atoms with Crippen molar-refractivity contribution in [3.05, 3.63) is 41.1 Å². The van der Waals surface area contributed by atoms with Gasteiger partial charge in [-0.2, -0.15) is 0 Å². The van der Waals surface area contributed by atoms with Gasteiger partial charge in [-0.05, 0) is 19.9 Å². The Labute approximate surface area is 105 Å². The molecule has 1 aromatic carbocycles. The van der Waals surface area contributed by atoms with E-state index in [9.17, 15) is 14.7 Å². The highest BCUT2D eigenvalue weighted by Gasteiger charge is 2.30. The van der Waals surface area contributed by atoms with E-state index in [0.717, 1.165) is 0 Å². The summed E-state index contributed by atoms with van der Waals surface area (Å²) in [5.74, 6) is -0.0931. The van der Waals surface area contributed by atoms with E-state index in [4.69, 9.17) is 0 Å². The molecule has 2 rings (SSSR count). The Kier molecular flexibility index (Phi) is 3.06. The lowest BCUT2D eigenvalue weighted by Gasteiger charge is -2.28. The molecule has 1 heterocycles. The Bertz CT molecular complexity index is 549. The van der Waals surface area contributed by atoms with Gasteiger partial charge in [0.25, 0.3) is 0 Å². The molecule has 1 aromatic rings. The number of hydrogen-bond acceptors (Lipinski definition) is 3. The second kappa shape index (κ2) is 4.52. The van der Waals surface area contributed by atoms with E-state index in [2.05, 4.69) is 10.6 Å². The van der Waals surface area contributed by atoms with Crippen LogP contribution in [-0.2, 0) is 4.79 Å². The third kappa shape index (κ3) is 2.07. The number of carbonyl (C=O) groups excluding carboxylic acids is 2. The molecular weight excluding hydrogens is 232 g/mol. The molecule has 5 nitrogen and oxygen atoms in total. The molecule has 1 aliphatic heterocycles. The molecule has 0 saturated carbocycles. The first-order valence-electron chi connectivity index (χ1n) is 5.58. The topological polar surface area (TPSA) is 78.4 Å².